The molecule has 2 aliphatic rings. The number of aromatic nitrogens is 2. The van der Waals surface area contributed by atoms with Crippen molar-refractivity contribution < 1.29 is 13.7 Å². The number of halogens is 1. The number of nitrogens with zero attached hydrogens (tertiary/aromatic N) is 2. The number of fused-ring (bicyclic) bond motifs is 2. The summed E-state index contributed by atoms with van der Waals surface area (Å²) < 4.78 is 18.8. The van der Waals surface area contributed by atoms with Gasteiger partial charge in [-0.15, -0.1) is 0 Å². The van der Waals surface area contributed by atoms with Crippen LogP contribution in [0.25, 0.3) is 11.4 Å². The van der Waals surface area contributed by atoms with Crippen LogP contribution >= 0.6 is 0 Å². The van der Waals surface area contributed by atoms with Crippen molar-refractivity contribution in [2.45, 2.75) is 38.5 Å². The van der Waals surface area contributed by atoms with Gasteiger partial charge < -0.3 is 4.52 Å². The summed E-state index contributed by atoms with van der Waals surface area (Å²) in [5, 5.41) is 3.98. The van der Waals surface area contributed by atoms with Crippen molar-refractivity contribution in [1.82, 2.24) is 10.1 Å². The van der Waals surface area contributed by atoms with Crippen molar-refractivity contribution in [1.29, 1.82) is 0 Å². The molecule has 0 amide bonds. The average molecular weight is 300 g/mol. The lowest BCUT2D eigenvalue weighted by atomic mass is 9.69. The number of ketones is 1. The van der Waals surface area contributed by atoms with Gasteiger partial charge >= 0.3 is 0 Å². The number of carbonyl (C=O) groups is 1. The van der Waals surface area contributed by atoms with E-state index in [-0.39, 0.29) is 17.0 Å². The third-order valence-electron chi connectivity index (χ3n) is 5.77. The van der Waals surface area contributed by atoms with Crippen LogP contribution in [-0.4, -0.2) is 15.9 Å². The second-order valence-electron chi connectivity index (χ2n) is 6.92. The first-order valence-corrected chi connectivity index (χ1v) is 7.58. The van der Waals surface area contributed by atoms with E-state index < -0.39 is 5.41 Å². The smallest absolute Gasteiger partial charge is 0.241 e. The molecule has 0 saturated heterocycles. The molecule has 4 rings (SSSR count). The van der Waals surface area contributed by atoms with Gasteiger partial charge in [0.15, 0.2) is 0 Å². The Morgan fingerprint density at radius 3 is 2.82 bits per heavy atom. The number of benzene rings is 1. The van der Waals surface area contributed by atoms with Crippen LogP contribution in [0.3, 0.4) is 0 Å². The van der Waals surface area contributed by atoms with Crippen molar-refractivity contribution in [2.24, 2.45) is 11.3 Å². The van der Waals surface area contributed by atoms with E-state index in [4.69, 9.17) is 4.52 Å². The van der Waals surface area contributed by atoms with Crippen LogP contribution in [0.4, 0.5) is 4.39 Å². The fourth-order valence-corrected chi connectivity index (χ4v) is 4.32. The zero-order chi connectivity index (χ0) is 15.5. The minimum absolute atomic E-state index is 0.171. The van der Waals surface area contributed by atoms with Crippen molar-refractivity contribution >= 4 is 5.78 Å². The van der Waals surface area contributed by atoms with Crippen molar-refractivity contribution in [3.05, 3.63) is 36.0 Å². The van der Waals surface area contributed by atoms with Crippen LogP contribution in [0.2, 0.25) is 0 Å². The molecule has 1 aromatic carbocycles. The molecule has 2 aromatic rings. The summed E-state index contributed by atoms with van der Waals surface area (Å²) in [7, 11) is 0. The van der Waals surface area contributed by atoms with E-state index in [9.17, 15) is 9.18 Å². The van der Waals surface area contributed by atoms with Crippen LogP contribution in [0.1, 0.15) is 39.0 Å². The Kier molecular flexibility index (Phi) is 2.63. The molecule has 0 unspecified atom stereocenters. The van der Waals surface area contributed by atoms with Gasteiger partial charge in [-0.1, -0.05) is 31.1 Å². The van der Waals surface area contributed by atoms with Crippen LogP contribution in [0.5, 0.6) is 0 Å². The highest BCUT2D eigenvalue weighted by molar-refractivity contribution is 5.94. The number of carbonyl (C=O) groups excluding carboxylic acids is 1. The molecule has 22 heavy (non-hydrogen) atoms. The van der Waals surface area contributed by atoms with Crippen molar-refractivity contribution in [2.75, 3.05) is 0 Å². The zero-order valence-electron chi connectivity index (χ0n) is 12.6. The number of rotatable bonds is 2. The van der Waals surface area contributed by atoms with E-state index in [1.807, 2.05) is 0 Å². The van der Waals surface area contributed by atoms with Gasteiger partial charge in [0, 0.05) is 12.0 Å². The Hall–Kier alpha value is -2.04. The van der Waals surface area contributed by atoms with E-state index in [0.29, 0.717) is 29.6 Å². The Labute approximate surface area is 127 Å². The molecule has 1 aromatic heterocycles. The summed E-state index contributed by atoms with van der Waals surface area (Å²) in [5.41, 5.74) is -0.282. The lowest BCUT2D eigenvalue weighted by Crippen LogP contribution is -2.40. The lowest BCUT2D eigenvalue weighted by molar-refractivity contribution is -0.125. The zero-order valence-corrected chi connectivity index (χ0v) is 12.6. The molecular weight excluding hydrogens is 283 g/mol. The molecule has 2 atom stereocenters. The van der Waals surface area contributed by atoms with Gasteiger partial charge in [0.1, 0.15) is 17.0 Å². The maximum atomic E-state index is 13.4. The third-order valence-corrected chi connectivity index (χ3v) is 5.77. The molecule has 2 bridgehead atoms. The normalized spacial score (nSPS) is 29.2. The number of Topliss-reactive ketones (excluding diaryl/α,β-unsaturated/α-hetero) is 1. The lowest BCUT2D eigenvalue weighted by Gasteiger charge is -2.32. The van der Waals surface area contributed by atoms with Gasteiger partial charge in [-0.2, -0.15) is 4.98 Å². The van der Waals surface area contributed by atoms with Crippen LogP contribution in [0.15, 0.2) is 28.8 Å². The highest BCUT2D eigenvalue weighted by Crippen LogP contribution is 2.64. The average Bonchev–Trinajstić information content (AvgIpc) is 3.10. The first kappa shape index (κ1) is 13.6. The van der Waals surface area contributed by atoms with Gasteiger partial charge in [0.05, 0.1) is 0 Å². The van der Waals surface area contributed by atoms with E-state index >= 15 is 0 Å². The molecule has 0 spiro atoms. The molecule has 2 aliphatic carbocycles. The fraction of sp³-hybridized carbons (Fsp3) is 0.471. The van der Waals surface area contributed by atoms with Crippen LogP contribution < -0.4 is 0 Å². The van der Waals surface area contributed by atoms with Crippen LogP contribution in [-0.2, 0) is 10.2 Å². The largest absolute Gasteiger partial charge is 0.338 e. The quantitative estimate of drug-likeness (QED) is 0.851. The molecule has 2 saturated carbocycles. The maximum Gasteiger partial charge on any atom is 0.241 e. The van der Waals surface area contributed by atoms with E-state index in [2.05, 4.69) is 24.0 Å². The molecule has 0 radical (unpaired) electrons. The van der Waals surface area contributed by atoms with Gasteiger partial charge in [-0.25, -0.2) is 4.39 Å². The van der Waals surface area contributed by atoms with Crippen molar-refractivity contribution in [3.8, 4) is 11.4 Å². The Morgan fingerprint density at radius 1 is 1.36 bits per heavy atom. The predicted molar refractivity (Wildman–Crippen MR) is 77.5 cm³/mol. The molecule has 2 fully saturated rings. The number of hydrogen-bond acceptors (Lipinski definition) is 4. The molecule has 4 nitrogen and oxygen atoms in total. The summed E-state index contributed by atoms with van der Waals surface area (Å²) in [6.45, 7) is 4.23. The van der Waals surface area contributed by atoms with E-state index in [1.54, 1.807) is 12.1 Å². The van der Waals surface area contributed by atoms with Gasteiger partial charge in [0.2, 0.25) is 11.7 Å². The Morgan fingerprint density at radius 2 is 2.18 bits per heavy atom. The molecule has 0 N–H and O–H groups in total. The van der Waals surface area contributed by atoms with Crippen LogP contribution in [0, 0.1) is 17.2 Å². The van der Waals surface area contributed by atoms with Gasteiger partial charge in [-0.3, -0.25) is 4.79 Å². The molecule has 0 aliphatic heterocycles. The maximum absolute atomic E-state index is 13.4. The molecule has 5 heteroatoms. The highest BCUT2D eigenvalue weighted by Gasteiger charge is 2.67. The fourth-order valence-electron chi connectivity index (χ4n) is 4.32. The highest BCUT2D eigenvalue weighted by atomic mass is 19.1. The molecular formula is C17H17FN2O2. The topological polar surface area (TPSA) is 56.0 Å². The summed E-state index contributed by atoms with van der Waals surface area (Å²) in [4.78, 5) is 17.0. The van der Waals surface area contributed by atoms with Gasteiger partial charge in [-0.05, 0) is 36.3 Å². The minimum atomic E-state index is -0.670. The second kappa shape index (κ2) is 4.24. The minimum Gasteiger partial charge on any atom is -0.338 e. The summed E-state index contributed by atoms with van der Waals surface area (Å²) in [5.74, 6) is 0.956. The molecule has 1 heterocycles. The van der Waals surface area contributed by atoms with E-state index in [1.165, 1.54) is 12.1 Å². The van der Waals surface area contributed by atoms with Gasteiger partial charge in [0.25, 0.3) is 0 Å². The Bertz CT molecular complexity index is 768. The van der Waals surface area contributed by atoms with E-state index in [0.717, 1.165) is 12.8 Å². The Balaban J connectivity index is 1.80. The summed E-state index contributed by atoms with van der Waals surface area (Å²) in [6, 6.07) is 6.07. The second-order valence-corrected chi connectivity index (χ2v) is 6.92. The summed E-state index contributed by atoms with van der Waals surface area (Å²) >= 11 is 0. The summed E-state index contributed by atoms with van der Waals surface area (Å²) in [6.07, 6.45) is 2.36. The molecule has 114 valence electrons. The first-order chi connectivity index (χ1) is 10.4. The standard InChI is InChI=1S/C17H17FN2O2/c1-16(2)11-6-7-17(16,13(21)9-11)15-19-14(20-22-15)10-4-3-5-12(18)8-10/h3-5,8,11H,6-7,9H2,1-2H3/t11-,17+/m1/s1. The first-order valence-electron chi connectivity index (χ1n) is 7.58. The predicted octanol–water partition coefficient (Wildman–Crippen LogP) is 3.52. The monoisotopic (exact) mass is 300 g/mol. The number of hydrogen-bond donors (Lipinski definition) is 0. The SMILES string of the molecule is CC1(C)[C@@H]2CC[C@@]1(c1nc(-c3cccc(F)c3)no1)C(=O)C2. The van der Waals surface area contributed by atoms with Crippen molar-refractivity contribution in [3.63, 3.8) is 0 Å². The third kappa shape index (κ3) is 1.54.